The maximum Gasteiger partial charge on any atom is 0.220 e. The summed E-state index contributed by atoms with van der Waals surface area (Å²) in [6.45, 7) is 4.46. The first-order valence-electron chi connectivity index (χ1n) is 7.09. The molecule has 7 nitrogen and oxygen atoms in total. The zero-order valence-corrected chi connectivity index (χ0v) is 13.6. The van der Waals surface area contributed by atoms with E-state index in [1.165, 1.54) is 11.5 Å². The number of rotatable bonds is 5. The van der Waals surface area contributed by atoms with Crippen LogP contribution in [-0.2, 0) is 0 Å². The fourth-order valence-electron chi connectivity index (χ4n) is 2.01. The molecule has 0 saturated carbocycles. The number of nitrogens with zero attached hydrogens (tertiary/aromatic N) is 4. The number of aromatic nitrogens is 4. The monoisotopic (exact) mass is 328 g/mol. The van der Waals surface area contributed by atoms with Crippen molar-refractivity contribution in [3.05, 3.63) is 36.2 Å². The zero-order chi connectivity index (χ0) is 16.2. The van der Waals surface area contributed by atoms with E-state index in [0.29, 0.717) is 17.6 Å². The molecule has 3 rings (SSSR count). The van der Waals surface area contributed by atoms with Gasteiger partial charge in [0, 0.05) is 23.4 Å². The molecule has 0 atom stereocenters. The smallest absolute Gasteiger partial charge is 0.220 e. The Morgan fingerprint density at radius 3 is 2.70 bits per heavy atom. The van der Waals surface area contributed by atoms with Gasteiger partial charge in [-0.15, -0.1) is 0 Å². The summed E-state index contributed by atoms with van der Waals surface area (Å²) in [5, 5.41) is 3.91. The molecule has 0 aliphatic rings. The fraction of sp³-hybridized carbons (Fsp3) is 0.200. The van der Waals surface area contributed by atoms with Crippen LogP contribution in [0.4, 0.5) is 16.8 Å². The van der Waals surface area contributed by atoms with Crippen molar-refractivity contribution < 1.29 is 4.74 Å². The Bertz CT molecular complexity index is 802. The number of hydrogen-bond donors (Lipinski definition) is 2. The van der Waals surface area contributed by atoms with Crippen LogP contribution in [0.25, 0.3) is 11.4 Å². The van der Waals surface area contributed by atoms with E-state index in [1.807, 2.05) is 38.1 Å². The predicted molar refractivity (Wildman–Crippen MR) is 91.0 cm³/mol. The van der Waals surface area contributed by atoms with Crippen LogP contribution in [0.5, 0.6) is 5.75 Å². The number of nitrogens with two attached hydrogens (primary N) is 1. The normalized spacial score (nSPS) is 10.5. The Morgan fingerprint density at radius 1 is 1.22 bits per heavy atom. The molecule has 8 heteroatoms. The second kappa shape index (κ2) is 6.57. The Kier molecular flexibility index (Phi) is 4.33. The summed E-state index contributed by atoms with van der Waals surface area (Å²) >= 11 is 1.28. The molecule has 23 heavy (non-hydrogen) atoms. The highest BCUT2D eigenvalue weighted by molar-refractivity contribution is 7.09. The number of benzene rings is 1. The SMILES string of the molecule is CCOc1ccc(Nc2nc(-c3cnc(N)nc3C)ns2)cc1. The largest absolute Gasteiger partial charge is 0.494 e. The zero-order valence-electron chi connectivity index (χ0n) is 12.8. The molecule has 0 aliphatic carbocycles. The highest BCUT2D eigenvalue weighted by Crippen LogP contribution is 2.26. The second-order valence-corrected chi connectivity index (χ2v) is 5.48. The molecule has 2 heterocycles. The van der Waals surface area contributed by atoms with E-state index >= 15 is 0 Å². The standard InChI is InChI=1S/C15H16N6OS/c1-3-22-11-6-4-10(5-7-11)19-15-20-13(21-23-15)12-8-17-14(16)18-9(12)2/h4-8H,3H2,1-2H3,(H2,16,17,18)(H,19,20,21). The third kappa shape index (κ3) is 3.54. The minimum absolute atomic E-state index is 0.245. The molecule has 1 aromatic carbocycles. The lowest BCUT2D eigenvalue weighted by atomic mass is 10.2. The lowest BCUT2D eigenvalue weighted by Crippen LogP contribution is -1.98. The topological polar surface area (TPSA) is 98.8 Å². The molecule has 3 aromatic rings. The van der Waals surface area contributed by atoms with Crippen molar-refractivity contribution in [3.63, 3.8) is 0 Å². The Hall–Kier alpha value is -2.74. The summed E-state index contributed by atoms with van der Waals surface area (Å²) in [4.78, 5) is 12.6. The molecule has 0 spiro atoms. The van der Waals surface area contributed by atoms with Crippen molar-refractivity contribution in [2.45, 2.75) is 13.8 Å². The van der Waals surface area contributed by atoms with E-state index in [9.17, 15) is 0 Å². The van der Waals surface area contributed by atoms with Gasteiger partial charge in [-0.25, -0.2) is 9.97 Å². The van der Waals surface area contributed by atoms with Crippen LogP contribution in [0, 0.1) is 6.92 Å². The van der Waals surface area contributed by atoms with Gasteiger partial charge < -0.3 is 15.8 Å². The molecule has 0 fully saturated rings. The van der Waals surface area contributed by atoms with Crippen molar-refractivity contribution in [1.82, 2.24) is 19.3 Å². The summed E-state index contributed by atoms with van der Waals surface area (Å²) in [5.41, 5.74) is 8.01. The maximum absolute atomic E-state index is 5.56. The van der Waals surface area contributed by atoms with Crippen LogP contribution in [0.2, 0.25) is 0 Å². The first kappa shape index (κ1) is 15.2. The van der Waals surface area contributed by atoms with Crippen molar-refractivity contribution in [1.29, 1.82) is 0 Å². The van der Waals surface area contributed by atoms with E-state index in [0.717, 1.165) is 22.7 Å². The van der Waals surface area contributed by atoms with Gasteiger partial charge in [-0.05, 0) is 38.1 Å². The quantitative estimate of drug-likeness (QED) is 0.742. The fourth-order valence-corrected chi connectivity index (χ4v) is 2.62. The number of aryl methyl sites for hydroxylation is 1. The first-order chi connectivity index (χ1) is 11.2. The van der Waals surface area contributed by atoms with E-state index < -0.39 is 0 Å². The van der Waals surface area contributed by atoms with Crippen LogP contribution in [0.3, 0.4) is 0 Å². The summed E-state index contributed by atoms with van der Waals surface area (Å²) in [7, 11) is 0. The number of nitrogens with one attached hydrogen (secondary N) is 1. The van der Waals surface area contributed by atoms with Gasteiger partial charge in [0.05, 0.1) is 17.9 Å². The van der Waals surface area contributed by atoms with Gasteiger partial charge in [0.2, 0.25) is 11.1 Å². The van der Waals surface area contributed by atoms with Gasteiger partial charge in [-0.3, -0.25) is 0 Å². The van der Waals surface area contributed by atoms with Crippen LogP contribution in [0.15, 0.2) is 30.5 Å². The van der Waals surface area contributed by atoms with Crippen LogP contribution in [0.1, 0.15) is 12.6 Å². The van der Waals surface area contributed by atoms with Crippen molar-refractivity contribution in [3.8, 4) is 17.1 Å². The van der Waals surface area contributed by atoms with Crippen molar-refractivity contribution in [2.24, 2.45) is 0 Å². The Labute approximate surface area is 137 Å². The van der Waals surface area contributed by atoms with E-state index in [2.05, 4.69) is 24.6 Å². The molecule has 0 bridgehead atoms. The summed E-state index contributed by atoms with van der Waals surface area (Å²) in [5.74, 6) is 1.67. The maximum atomic E-state index is 5.56. The molecule has 2 aromatic heterocycles. The van der Waals surface area contributed by atoms with Crippen LogP contribution < -0.4 is 15.8 Å². The molecule has 0 amide bonds. The van der Waals surface area contributed by atoms with Crippen LogP contribution in [-0.4, -0.2) is 25.9 Å². The first-order valence-corrected chi connectivity index (χ1v) is 7.86. The van der Waals surface area contributed by atoms with Crippen molar-refractivity contribution >= 4 is 28.3 Å². The summed E-state index contributed by atoms with van der Waals surface area (Å²) < 4.78 is 9.76. The van der Waals surface area contributed by atoms with Gasteiger partial charge in [-0.1, -0.05) is 0 Å². The Balaban J connectivity index is 1.76. The second-order valence-electron chi connectivity index (χ2n) is 4.73. The lowest BCUT2D eigenvalue weighted by molar-refractivity contribution is 0.340. The highest BCUT2D eigenvalue weighted by Gasteiger charge is 2.11. The third-order valence-electron chi connectivity index (χ3n) is 3.08. The van der Waals surface area contributed by atoms with E-state index in [1.54, 1.807) is 6.20 Å². The minimum atomic E-state index is 0.245. The van der Waals surface area contributed by atoms with Crippen LogP contribution >= 0.6 is 11.5 Å². The number of nitrogen functional groups attached to an aromatic ring is 1. The molecule has 0 aliphatic heterocycles. The van der Waals surface area contributed by atoms with Gasteiger partial charge in [0.1, 0.15) is 5.75 Å². The Morgan fingerprint density at radius 2 is 2.00 bits per heavy atom. The van der Waals surface area contributed by atoms with Crippen molar-refractivity contribution in [2.75, 3.05) is 17.7 Å². The summed E-state index contributed by atoms with van der Waals surface area (Å²) in [6.07, 6.45) is 1.64. The molecular weight excluding hydrogens is 312 g/mol. The van der Waals surface area contributed by atoms with Gasteiger partial charge in [0.25, 0.3) is 0 Å². The number of anilines is 3. The van der Waals surface area contributed by atoms with Gasteiger partial charge in [-0.2, -0.15) is 9.36 Å². The molecule has 0 radical (unpaired) electrons. The minimum Gasteiger partial charge on any atom is -0.494 e. The van der Waals surface area contributed by atoms with Gasteiger partial charge >= 0.3 is 0 Å². The molecular formula is C15H16N6OS. The molecule has 118 valence electrons. The average molecular weight is 328 g/mol. The average Bonchev–Trinajstić information content (AvgIpc) is 2.98. The number of ether oxygens (including phenoxy) is 1. The highest BCUT2D eigenvalue weighted by atomic mass is 32.1. The van der Waals surface area contributed by atoms with E-state index in [-0.39, 0.29) is 5.95 Å². The number of hydrogen-bond acceptors (Lipinski definition) is 8. The third-order valence-corrected chi connectivity index (χ3v) is 3.71. The summed E-state index contributed by atoms with van der Waals surface area (Å²) in [6, 6.07) is 7.69. The van der Waals surface area contributed by atoms with E-state index in [4.69, 9.17) is 10.5 Å². The molecule has 0 saturated heterocycles. The predicted octanol–water partition coefficient (Wildman–Crippen LogP) is 3.03. The lowest BCUT2D eigenvalue weighted by Gasteiger charge is -2.05. The molecule has 0 unspecified atom stereocenters. The molecule has 3 N–H and O–H groups in total. The van der Waals surface area contributed by atoms with Gasteiger partial charge in [0.15, 0.2) is 5.82 Å².